The maximum absolute atomic E-state index is 14.9. The molecule has 4 N–H and O–H groups in total. The number of carbonyl (C=O) groups excluding carboxylic acids is 4. The Labute approximate surface area is 433 Å². The van der Waals surface area contributed by atoms with Crippen LogP contribution in [0.4, 0.5) is 5.69 Å². The Kier molecular flexibility index (Phi) is 15.8. The average Bonchev–Trinajstić information content (AvgIpc) is 3.98. The van der Waals surface area contributed by atoms with Crippen LogP contribution in [0.1, 0.15) is 120 Å². The molecule has 0 radical (unpaired) electrons. The molecule has 18 nitrogen and oxygen atoms in total. The van der Waals surface area contributed by atoms with E-state index in [2.05, 4.69) is 34.1 Å². The number of Topliss-reactive ketones (excluding diaryl/α,β-unsaturated/α-hetero) is 1. The number of ketones is 1. The summed E-state index contributed by atoms with van der Waals surface area (Å²) in [6, 6.07) is 0. The third-order valence-electron chi connectivity index (χ3n) is 15.8. The van der Waals surface area contributed by atoms with Crippen LogP contribution in [0.3, 0.4) is 0 Å². The molecule has 9 rings (SSSR count). The molecule has 0 aliphatic carbocycles. The number of piperidine rings is 1. The average molecular weight is 1020 g/mol. The molecule has 400 valence electrons. The van der Waals surface area contributed by atoms with Crippen LogP contribution in [0.15, 0.2) is 50.6 Å². The zero-order valence-electron chi connectivity index (χ0n) is 44.9. The molecule has 4 unspecified atom stereocenters. The first-order chi connectivity index (χ1) is 35.0. The number of phenols is 2. The highest BCUT2D eigenvalue weighted by molar-refractivity contribution is 6.19. The highest BCUT2D eigenvalue weighted by Crippen LogP contribution is 2.50. The zero-order valence-corrected chi connectivity index (χ0v) is 44.9. The SMILES string of the molecule is C/C1=C/C=C/C(C)C[C@@H](C)C(O)[C@@H](C)C(OC(=O)CC(=O)N2CCN(Cc3c(C)noc3C)CC2)[C@H](C)C/C=C/OC2(C)Oc3c(C)c(O)c4c(O)c(c5c(c4c3C2=O)=NC2(CCN(CC(C)C)CC2)N=5)NC1=O. The first kappa shape index (κ1) is 54.2. The molecule has 6 aliphatic rings. The van der Waals surface area contributed by atoms with Gasteiger partial charge in [0.05, 0.1) is 34.4 Å². The van der Waals surface area contributed by atoms with Crippen molar-refractivity contribution in [1.82, 2.24) is 19.9 Å². The van der Waals surface area contributed by atoms with Crippen molar-refractivity contribution in [2.24, 2.45) is 39.6 Å². The maximum atomic E-state index is 14.9. The lowest BCUT2D eigenvalue weighted by Crippen LogP contribution is -2.49. The second-order valence-electron chi connectivity index (χ2n) is 22.1. The number of anilines is 1. The number of hydrogen-bond acceptors (Lipinski definition) is 16. The van der Waals surface area contributed by atoms with Crippen molar-refractivity contribution >= 4 is 40.0 Å². The van der Waals surface area contributed by atoms with E-state index in [0.29, 0.717) is 76.6 Å². The number of hydrogen-bond donors (Lipinski definition) is 4. The Morgan fingerprint density at radius 1 is 0.919 bits per heavy atom. The molecule has 5 bridgehead atoms. The number of amides is 2. The Morgan fingerprint density at radius 3 is 2.27 bits per heavy atom. The van der Waals surface area contributed by atoms with Gasteiger partial charge in [0.1, 0.15) is 40.8 Å². The van der Waals surface area contributed by atoms with E-state index in [1.54, 1.807) is 37.0 Å². The minimum absolute atomic E-state index is 0.0218. The van der Waals surface area contributed by atoms with Crippen molar-refractivity contribution in [3.63, 3.8) is 0 Å². The fraction of sp³-hybridized carbons (Fsp3) is 0.589. The largest absolute Gasteiger partial charge is 0.507 e. The van der Waals surface area contributed by atoms with Gasteiger partial charge in [0.25, 0.3) is 11.7 Å². The second-order valence-corrected chi connectivity index (χ2v) is 22.1. The molecule has 0 saturated carbocycles. The molecule has 3 aromatic rings. The summed E-state index contributed by atoms with van der Waals surface area (Å²) in [6.45, 7) is 25.6. The highest BCUT2D eigenvalue weighted by Gasteiger charge is 2.50. The summed E-state index contributed by atoms with van der Waals surface area (Å²) in [5, 5.41) is 43.5. The number of aromatic hydroxyl groups is 2. The standard InChI is InChI=1S/C56H75N7O11/c1-30(2)28-61-19-17-56(18-20-61)58-45-42-43-49(67)36(8)52-44(42)53(69)55(11,73-52)71-25-13-16-32(4)51(72-41(65)27-40(64)63-23-21-62(22-24-63)29-39-37(9)60-74-38(39)10)35(7)48(66)34(6)26-31(3)14-12-15-33(5)54(70)57-47(50(43)68)46(45)59-56/h12-15,25,30-32,34-35,48,51,66-68H,16-24,26-29H2,1-11H3,(H,57,70)/b14-12+,25-13+,33-15-/t31?,32-,34-,35-,48?,51?,55?/m1/s1. The van der Waals surface area contributed by atoms with Crippen molar-refractivity contribution < 1.29 is 53.2 Å². The number of aromatic nitrogens is 1. The fourth-order valence-corrected chi connectivity index (χ4v) is 11.3. The Hall–Kier alpha value is -6.11. The molecule has 7 heterocycles. The molecule has 74 heavy (non-hydrogen) atoms. The van der Waals surface area contributed by atoms with Crippen LogP contribution < -0.4 is 20.8 Å². The molecule has 18 heteroatoms. The molecule has 6 aliphatic heterocycles. The number of carbonyl (C=O) groups is 4. The number of nitrogens with one attached hydrogen (secondary N) is 1. The summed E-state index contributed by atoms with van der Waals surface area (Å²) in [4.78, 5) is 72.9. The number of ether oxygens (including phenoxy) is 3. The summed E-state index contributed by atoms with van der Waals surface area (Å²) in [6.07, 6.45) is 8.18. The Bertz CT molecular complexity index is 2890. The van der Waals surface area contributed by atoms with Gasteiger partial charge in [0, 0.05) is 100 Å². The van der Waals surface area contributed by atoms with Crippen LogP contribution in [0.2, 0.25) is 0 Å². The van der Waals surface area contributed by atoms with Crippen LogP contribution >= 0.6 is 0 Å². The summed E-state index contributed by atoms with van der Waals surface area (Å²) < 4.78 is 24.0. The van der Waals surface area contributed by atoms with Crippen LogP contribution in [-0.2, 0) is 30.4 Å². The van der Waals surface area contributed by atoms with Gasteiger partial charge >= 0.3 is 11.8 Å². The number of benzene rings is 2. The molecule has 2 aromatic carbocycles. The van der Waals surface area contributed by atoms with E-state index >= 15 is 0 Å². The van der Waals surface area contributed by atoms with Gasteiger partial charge in [-0.2, -0.15) is 0 Å². The van der Waals surface area contributed by atoms with Crippen LogP contribution in [-0.4, -0.2) is 128 Å². The van der Waals surface area contributed by atoms with Crippen LogP contribution in [0, 0.1) is 50.4 Å². The van der Waals surface area contributed by atoms with Crippen molar-refractivity contribution in [1.29, 1.82) is 0 Å². The number of esters is 1. The van der Waals surface area contributed by atoms with Gasteiger partial charge < -0.3 is 49.2 Å². The lowest BCUT2D eigenvalue weighted by Gasteiger charge is -2.36. The Balaban J connectivity index is 1.09. The third-order valence-corrected chi connectivity index (χ3v) is 15.8. The van der Waals surface area contributed by atoms with E-state index in [0.717, 1.165) is 23.6 Å². The summed E-state index contributed by atoms with van der Waals surface area (Å²) in [5.74, 6) is -4.85. The van der Waals surface area contributed by atoms with Gasteiger partial charge in [-0.25, -0.2) is 0 Å². The second kappa shape index (κ2) is 21.6. The van der Waals surface area contributed by atoms with E-state index in [1.165, 1.54) is 13.2 Å². The van der Waals surface area contributed by atoms with Gasteiger partial charge in [0.2, 0.25) is 5.91 Å². The predicted octanol–water partition coefficient (Wildman–Crippen LogP) is 6.47. The van der Waals surface area contributed by atoms with E-state index in [-0.39, 0.29) is 74.0 Å². The topological polar surface area (TPSA) is 229 Å². The normalized spacial score (nSPS) is 28.5. The highest BCUT2D eigenvalue weighted by atomic mass is 16.7. The lowest BCUT2D eigenvalue weighted by molar-refractivity contribution is -0.161. The van der Waals surface area contributed by atoms with Gasteiger partial charge in [-0.15, -0.1) is 0 Å². The van der Waals surface area contributed by atoms with Gasteiger partial charge in [-0.3, -0.25) is 34.1 Å². The summed E-state index contributed by atoms with van der Waals surface area (Å²) in [7, 11) is 0. The smallest absolute Gasteiger partial charge is 0.315 e. The maximum Gasteiger partial charge on any atom is 0.315 e. The molecule has 1 spiro atoms. The minimum atomic E-state index is -1.93. The van der Waals surface area contributed by atoms with Crippen molar-refractivity contribution in [2.45, 2.75) is 138 Å². The van der Waals surface area contributed by atoms with Crippen LogP contribution in [0.5, 0.6) is 17.2 Å². The molecule has 2 fully saturated rings. The predicted molar refractivity (Wildman–Crippen MR) is 277 cm³/mol. The van der Waals surface area contributed by atoms with Gasteiger partial charge in [0.15, 0.2) is 11.4 Å². The number of allylic oxidation sites excluding steroid dienone is 4. The quantitative estimate of drug-likeness (QED) is 0.113. The number of fused-ring (bicyclic) bond motifs is 13. The number of aliphatic hydroxyl groups is 1. The van der Waals surface area contributed by atoms with Crippen molar-refractivity contribution in [2.75, 3.05) is 51.1 Å². The molecular formula is C56H75N7O11. The number of aliphatic hydroxyl groups excluding tert-OH is 1. The third kappa shape index (κ3) is 10.9. The van der Waals surface area contributed by atoms with E-state index in [1.807, 2.05) is 47.6 Å². The molecule has 2 saturated heterocycles. The minimum Gasteiger partial charge on any atom is -0.507 e. The lowest BCUT2D eigenvalue weighted by atomic mass is 9.80. The van der Waals surface area contributed by atoms with Crippen molar-refractivity contribution in [3.8, 4) is 17.2 Å². The van der Waals surface area contributed by atoms with E-state index in [4.69, 9.17) is 28.7 Å². The first-order valence-corrected chi connectivity index (χ1v) is 26.3. The number of rotatable bonds is 7. The van der Waals surface area contributed by atoms with Crippen molar-refractivity contribution in [3.05, 3.63) is 75.0 Å². The van der Waals surface area contributed by atoms with E-state index < -0.39 is 65.3 Å². The molecular weight excluding hydrogens is 947 g/mol. The van der Waals surface area contributed by atoms with Crippen LogP contribution in [0.25, 0.3) is 10.8 Å². The number of likely N-dealkylation sites (tertiary alicyclic amines) is 1. The molecule has 1 aromatic heterocycles. The first-order valence-electron chi connectivity index (χ1n) is 26.3. The van der Waals surface area contributed by atoms with Gasteiger partial charge in [-0.1, -0.05) is 64.9 Å². The summed E-state index contributed by atoms with van der Waals surface area (Å²) in [5.41, 5.74) is 1.45. The summed E-state index contributed by atoms with van der Waals surface area (Å²) >= 11 is 0. The number of phenolic OH excluding ortho intramolecular Hbond substituents is 2. The fourth-order valence-electron chi connectivity index (χ4n) is 11.3. The Morgan fingerprint density at radius 2 is 1.61 bits per heavy atom. The zero-order chi connectivity index (χ0) is 53.6. The number of aryl methyl sites for hydroxylation is 2. The van der Waals surface area contributed by atoms with E-state index in [9.17, 15) is 34.5 Å². The van der Waals surface area contributed by atoms with Gasteiger partial charge in [-0.05, 0) is 70.3 Å². The number of piperazine rings is 1. The molecule has 2 amide bonds. The monoisotopic (exact) mass is 1020 g/mol. The molecule has 7 atom stereocenters. The number of nitrogens with zero attached hydrogens (tertiary/aromatic N) is 6.